The molecule has 116 valence electrons. The van der Waals surface area contributed by atoms with E-state index in [9.17, 15) is 0 Å². The highest BCUT2D eigenvalue weighted by atomic mass is 32.1. The lowest BCUT2D eigenvalue weighted by molar-refractivity contribution is 0.00578. The topological polar surface area (TPSA) is 34.6 Å². The van der Waals surface area contributed by atoms with E-state index >= 15 is 0 Å². The Labute approximate surface area is 132 Å². The number of rotatable bonds is 3. The van der Waals surface area contributed by atoms with E-state index in [-0.39, 0.29) is 18.3 Å². The predicted octanol–water partition coefficient (Wildman–Crippen LogP) is 2.60. The zero-order valence-electron chi connectivity index (χ0n) is 13.7. The van der Waals surface area contributed by atoms with Crippen LogP contribution in [0.4, 0.5) is 5.13 Å². The van der Waals surface area contributed by atoms with Gasteiger partial charge in [0.05, 0.1) is 21.7 Å². The molecule has 1 aromatic heterocycles. The van der Waals surface area contributed by atoms with Gasteiger partial charge in [-0.1, -0.05) is 6.92 Å². The molecule has 0 atom stereocenters. The summed E-state index contributed by atoms with van der Waals surface area (Å²) in [6.07, 6.45) is 3.46. The van der Waals surface area contributed by atoms with Gasteiger partial charge in [0.15, 0.2) is 5.13 Å². The van der Waals surface area contributed by atoms with Gasteiger partial charge in [-0.25, -0.2) is 4.98 Å². The van der Waals surface area contributed by atoms with Gasteiger partial charge in [-0.3, -0.25) is 0 Å². The summed E-state index contributed by atoms with van der Waals surface area (Å²) < 4.78 is 13.5. The number of aromatic nitrogens is 1. The second kappa shape index (κ2) is 5.25. The maximum Gasteiger partial charge on any atom is 0.507 e. The van der Waals surface area contributed by atoms with Gasteiger partial charge in [0.1, 0.15) is 0 Å². The van der Waals surface area contributed by atoms with Gasteiger partial charge < -0.3 is 14.2 Å². The van der Waals surface area contributed by atoms with Crippen molar-refractivity contribution < 1.29 is 9.31 Å². The molecule has 2 aliphatic rings. The van der Waals surface area contributed by atoms with E-state index in [1.54, 1.807) is 11.3 Å². The lowest BCUT2D eigenvalue weighted by atomic mass is 9.86. The van der Waals surface area contributed by atoms with Crippen LogP contribution >= 0.6 is 11.3 Å². The lowest BCUT2D eigenvalue weighted by Crippen LogP contribution is -2.41. The summed E-state index contributed by atoms with van der Waals surface area (Å²) in [6, 6.07) is 0. The number of nitrogens with zero attached hydrogens (tertiary/aromatic N) is 2. The third-order valence-electron chi connectivity index (χ3n) is 4.90. The first-order valence-corrected chi connectivity index (χ1v) is 8.76. The molecular weight excluding hydrogens is 283 g/mol. The van der Waals surface area contributed by atoms with Gasteiger partial charge in [0, 0.05) is 13.1 Å². The van der Waals surface area contributed by atoms with E-state index in [0.29, 0.717) is 0 Å². The molecule has 0 aromatic carbocycles. The highest BCUT2D eigenvalue weighted by molar-refractivity contribution is 7.25. The number of anilines is 1. The molecule has 1 aromatic rings. The van der Waals surface area contributed by atoms with Crippen molar-refractivity contribution in [3.05, 3.63) is 5.69 Å². The van der Waals surface area contributed by atoms with Crippen LogP contribution in [0.25, 0.3) is 0 Å². The number of thiazole rings is 1. The molecule has 3 heterocycles. The Morgan fingerprint density at radius 1 is 1.14 bits per heavy atom. The monoisotopic (exact) mass is 308 g/mol. The molecule has 2 saturated heterocycles. The summed E-state index contributed by atoms with van der Waals surface area (Å²) in [5, 5.41) is 1.13. The molecule has 2 aliphatic heterocycles. The number of aryl methyl sites for hydroxylation is 1. The van der Waals surface area contributed by atoms with Crippen molar-refractivity contribution in [2.75, 3.05) is 18.0 Å². The minimum absolute atomic E-state index is 0.279. The van der Waals surface area contributed by atoms with E-state index in [0.717, 1.165) is 35.1 Å². The van der Waals surface area contributed by atoms with E-state index in [2.05, 4.69) is 39.5 Å². The van der Waals surface area contributed by atoms with Crippen molar-refractivity contribution in [3.63, 3.8) is 0 Å². The van der Waals surface area contributed by atoms with Gasteiger partial charge in [0.25, 0.3) is 0 Å². The lowest BCUT2D eigenvalue weighted by Gasteiger charge is -2.32. The van der Waals surface area contributed by atoms with Crippen LogP contribution in [0.2, 0.25) is 0 Å². The summed E-state index contributed by atoms with van der Waals surface area (Å²) in [4.78, 5) is 7.22. The molecule has 3 rings (SSSR count). The smallest absolute Gasteiger partial charge is 0.399 e. The zero-order chi connectivity index (χ0) is 15.3. The summed E-state index contributed by atoms with van der Waals surface area (Å²) in [6.45, 7) is 12.8. The van der Waals surface area contributed by atoms with Crippen molar-refractivity contribution in [1.82, 2.24) is 4.98 Å². The average molecular weight is 308 g/mol. The van der Waals surface area contributed by atoms with E-state index in [1.807, 2.05) is 0 Å². The number of hydrogen-bond acceptors (Lipinski definition) is 5. The van der Waals surface area contributed by atoms with Gasteiger partial charge in [-0.15, -0.1) is 11.3 Å². The maximum absolute atomic E-state index is 6.20. The minimum Gasteiger partial charge on any atom is -0.399 e. The number of hydrogen-bond donors (Lipinski definition) is 0. The van der Waals surface area contributed by atoms with Crippen LogP contribution in [0.15, 0.2) is 0 Å². The molecule has 4 nitrogen and oxygen atoms in total. The molecule has 21 heavy (non-hydrogen) atoms. The summed E-state index contributed by atoms with van der Waals surface area (Å²) >= 11 is 1.74. The standard InChI is InChI=1S/C15H25BN2O2S/c1-6-11-12(16-19-14(2,3)15(4,5)20-16)21-13(17-11)18-9-7-8-10-18/h6-10H2,1-5H3. The fourth-order valence-electron chi connectivity index (χ4n) is 2.78. The molecule has 0 saturated carbocycles. The molecule has 0 bridgehead atoms. The van der Waals surface area contributed by atoms with Crippen LogP contribution < -0.4 is 9.68 Å². The van der Waals surface area contributed by atoms with Crippen LogP contribution in [-0.4, -0.2) is 36.4 Å². The molecule has 0 unspecified atom stereocenters. The Morgan fingerprint density at radius 3 is 2.24 bits per heavy atom. The van der Waals surface area contributed by atoms with Crippen LogP contribution in [0.3, 0.4) is 0 Å². The molecule has 0 spiro atoms. The Bertz CT molecular complexity index is 508. The average Bonchev–Trinajstić information content (AvgIpc) is 3.08. The Morgan fingerprint density at radius 2 is 1.71 bits per heavy atom. The first-order valence-electron chi connectivity index (χ1n) is 7.94. The molecule has 2 fully saturated rings. The van der Waals surface area contributed by atoms with Crippen LogP contribution in [0.1, 0.15) is 53.2 Å². The normalized spacial score (nSPS) is 24.0. The molecule has 0 radical (unpaired) electrons. The molecule has 0 N–H and O–H groups in total. The highest BCUT2D eigenvalue weighted by Crippen LogP contribution is 2.37. The van der Waals surface area contributed by atoms with Gasteiger partial charge in [-0.2, -0.15) is 0 Å². The van der Waals surface area contributed by atoms with Crippen molar-refractivity contribution >= 4 is 28.4 Å². The third kappa shape index (κ3) is 2.62. The Balaban J connectivity index is 1.88. The maximum atomic E-state index is 6.20. The Hall–Kier alpha value is -0.585. The SMILES string of the molecule is CCc1nc(N2CCCC2)sc1B1OC(C)(C)C(C)(C)O1. The molecular formula is C15H25BN2O2S. The summed E-state index contributed by atoms with van der Waals surface area (Å²) in [5.74, 6) is 0. The van der Waals surface area contributed by atoms with Crippen molar-refractivity contribution in [2.24, 2.45) is 0 Å². The van der Waals surface area contributed by atoms with E-state index < -0.39 is 0 Å². The second-order valence-corrected chi connectivity index (χ2v) is 7.95. The predicted molar refractivity (Wildman–Crippen MR) is 88.7 cm³/mol. The molecule has 6 heteroatoms. The van der Waals surface area contributed by atoms with Crippen molar-refractivity contribution in [3.8, 4) is 0 Å². The third-order valence-corrected chi connectivity index (χ3v) is 6.08. The van der Waals surface area contributed by atoms with E-state index in [4.69, 9.17) is 14.3 Å². The quantitative estimate of drug-likeness (QED) is 0.804. The van der Waals surface area contributed by atoms with Crippen LogP contribution in [0, 0.1) is 0 Å². The minimum atomic E-state index is -0.291. The Kier molecular flexibility index (Phi) is 3.83. The van der Waals surface area contributed by atoms with Crippen LogP contribution in [0.5, 0.6) is 0 Å². The summed E-state index contributed by atoms with van der Waals surface area (Å²) in [5.41, 5.74) is 0.543. The molecule has 0 amide bonds. The van der Waals surface area contributed by atoms with Gasteiger partial charge in [0.2, 0.25) is 0 Å². The van der Waals surface area contributed by atoms with E-state index in [1.165, 1.54) is 12.8 Å². The van der Waals surface area contributed by atoms with Gasteiger partial charge >= 0.3 is 7.12 Å². The zero-order valence-corrected chi connectivity index (χ0v) is 14.5. The fraction of sp³-hybridized carbons (Fsp3) is 0.800. The van der Waals surface area contributed by atoms with Crippen molar-refractivity contribution in [1.29, 1.82) is 0 Å². The summed E-state index contributed by atoms with van der Waals surface area (Å²) in [7, 11) is -0.279. The molecule has 0 aliphatic carbocycles. The second-order valence-electron chi connectivity index (χ2n) is 6.94. The van der Waals surface area contributed by atoms with Crippen LogP contribution in [-0.2, 0) is 15.7 Å². The van der Waals surface area contributed by atoms with Crippen molar-refractivity contribution in [2.45, 2.75) is 65.1 Å². The largest absolute Gasteiger partial charge is 0.507 e. The highest BCUT2D eigenvalue weighted by Gasteiger charge is 2.53. The van der Waals surface area contributed by atoms with Gasteiger partial charge in [-0.05, 0) is 47.0 Å². The fourth-order valence-corrected chi connectivity index (χ4v) is 3.95. The first-order chi connectivity index (χ1) is 9.84. The first kappa shape index (κ1) is 15.3.